The Kier molecular flexibility index (Phi) is 9.03. The van der Waals surface area contributed by atoms with Crippen LogP contribution in [0.3, 0.4) is 0 Å². The van der Waals surface area contributed by atoms with Crippen LogP contribution in [0, 0.1) is 0 Å². The van der Waals surface area contributed by atoms with E-state index in [2.05, 4.69) is 13.8 Å². The maximum atomic E-state index is 13.6. The zero-order valence-electron chi connectivity index (χ0n) is 18.3. The van der Waals surface area contributed by atoms with E-state index in [4.69, 9.17) is 13.3 Å². The lowest BCUT2D eigenvalue weighted by molar-refractivity contribution is -0.139. The Morgan fingerprint density at radius 2 is 1.48 bits per heavy atom. The Labute approximate surface area is 169 Å². The summed E-state index contributed by atoms with van der Waals surface area (Å²) >= 11 is 0. The summed E-state index contributed by atoms with van der Waals surface area (Å²) in [4.78, 5) is 13.6. The molecule has 27 heavy (non-hydrogen) atoms. The van der Waals surface area contributed by atoms with Gasteiger partial charge >= 0.3 is 9.28 Å². The molecule has 2 fully saturated rings. The molecule has 0 aromatic carbocycles. The summed E-state index contributed by atoms with van der Waals surface area (Å²) in [7, 11) is -0.532. The third-order valence-corrected chi connectivity index (χ3v) is 15.1. The first-order valence-electron chi connectivity index (χ1n) is 11.2. The first-order chi connectivity index (χ1) is 13.0. The van der Waals surface area contributed by atoms with Gasteiger partial charge in [0.1, 0.15) is 5.04 Å². The summed E-state index contributed by atoms with van der Waals surface area (Å²) in [5.74, 6) is -0.0239. The molecule has 0 amide bonds. The minimum absolute atomic E-state index is 0.0239. The van der Waals surface area contributed by atoms with E-state index in [9.17, 15) is 4.79 Å². The molecule has 0 spiro atoms. The van der Waals surface area contributed by atoms with Gasteiger partial charge in [0.05, 0.1) is 0 Å². The lowest BCUT2D eigenvalue weighted by Crippen LogP contribution is -2.52. The first-order valence-corrected chi connectivity index (χ1v) is 14.8. The smallest absolute Gasteiger partial charge is 0.402 e. The van der Waals surface area contributed by atoms with E-state index in [-0.39, 0.29) is 5.97 Å². The molecule has 0 saturated heterocycles. The van der Waals surface area contributed by atoms with Crippen molar-refractivity contribution in [3.05, 3.63) is 0 Å². The van der Waals surface area contributed by atoms with Crippen molar-refractivity contribution in [3.8, 4) is 0 Å². The maximum Gasteiger partial charge on any atom is 0.402 e. The molecule has 0 bridgehead atoms. The predicted octanol–water partition coefficient (Wildman–Crippen LogP) is 6.11. The predicted molar refractivity (Wildman–Crippen MR) is 114 cm³/mol. The van der Waals surface area contributed by atoms with Gasteiger partial charge in [0.15, 0.2) is 0 Å². The van der Waals surface area contributed by atoms with Crippen LogP contribution in [0.15, 0.2) is 0 Å². The van der Waals surface area contributed by atoms with Gasteiger partial charge in [-0.25, -0.2) is 0 Å². The number of rotatable bonds is 11. The Morgan fingerprint density at radius 3 is 1.85 bits per heavy atom. The maximum absolute atomic E-state index is 13.6. The van der Waals surface area contributed by atoms with Crippen LogP contribution in [0.4, 0.5) is 0 Å². The number of hydrogen-bond donors (Lipinski definition) is 0. The fourth-order valence-electron chi connectivity index (χ4n) is 5.43. The largest absolute Gasteiger partial charge is 0.518 e. The zero-order valence-corrected chi connectivity index (χ0v) is 20.3. The summed E-state index contributed by atoms with van der Waals surface area (Å²) in [5.41, 5.74) is 1.33. The van der Waals surface area contributed by atoms with Crippen LogP contribution in [0.2, 0.25) is 22.2 Å². The molecule has 0 aromatic heterocycles. The second-order valence-corrected chi connectivity index (χ2v) is 15.5. The molecule has 2 rings (SSSR count). The summed E-state index contributed by atoms with van der Waals surface area (Å²) in [6.07, 6.45) is 13.4. The molecule has 0 aromatic rings. The van der Waals surface area contributed by atoms with Gasteiger partial charge in [-0.15, -0.1) is 0 Å². The van der Waals surface area contributed by atoms with Gasteiger partial charge in [-0.3, -0.25) is 4.79 Å². The number of carbonyl (C=O) groups is 1. The highest BCUT2D eigenvalue weighted by Crippen LogP contribution is 2.54. The highest BCUT2D eigenvalue weighted by Gasteiger charge is 2.56. The summed E-state index contributed by atoms with van der Waals surface area (Å²) in [5, 5.41) is -0.643. The van der Waals surface area contributed by atoms with Crippen LogP contribution in [0.25, 0.3) is 0 Å². The summed E-state index contributed by atoms with van der Waals surface area (Å²) in [6, 6.07) is 1.16. The summed E-state index contributed by atoms with van der Waals surface area (Å²) in [6.45, 7) is 6.32. The lowest BCUT2D eigenvalue weighted by Gasteiger charge is -2.43. The molecule has 2 aliphatic carbocycles. The van der Waals surface area contributed by atoms with Crippen molar-refractivity contribution in [1.82, 2.24) is 0 Å². The van der Waals surface area contributed by atoms with Gasteiger partial charge < -0.3 is 13.3 Å². The van der Waals surface area contributed by atoms with Gasteiger partial charge in [0, 0.05) is 14.2 Å². The average molecular weight is 414 g/mol. The van der Waals surface area contributed by atoms with Gasteiger partial charge in [-0.1, -0.05) is 52.4 Å². The molecule has 0 aliphatic heterocycles. The number of unbranched alkanes of at least 4 members (excludes halogenated alkanes) is 1. The van der Waals surface area contributed by atoms with Crippen LogP contribution in [-0.2, 0) is 18.1 Å². The van der Waals surface area contributed by atoms with Crippen LogP contribution in [-0.4, -0.2) is 37.8 Å². The van der Waals surface area contributed by atoms with Gasteiger partial charge in [-0.2, -0.15) is 0 Å². The normalized spacial score (nSPS) is 21.7. The van der Waals surface area contributed by atoms with Crippen molar-refractivity contribution in [2.45, 2.75) is 114 Å². The van der Waals surface area contributed by atoms with Crippen LogP contribution in [0.5, 0.6) is 0 Å². The minimum Gasteiger partial charge on any atom is -0.518 e. The van der Waals surface area contributed by atoms with Crippen LogP contribution in [0.1, 0.15) is 91.4 Å². The van der Waals surface area contributed by atoms with Crippen molar-refractivity contribution in [1.29, 1.82) is 0 Å². The fourth-order valence-corrected chi connectivity index (χ4v) is 13.3. The molecule has 0 N–H and O–H groups in total. The van der Waals surface area contributed by atoms with Crippen molar-refractivity contribution in [3.63, 3.8) is 0 Å². The topological polar surface area (TPSA) is 44.8 Å². The third kappa shape index (κ3) is 4.88. The molecule has 6 heteroatoms. The molecule has 1 unspecified atom stereocenters. The molecule has 4 nitrogen and oxygen atoms in total. The van der Waals surface area contributed by atoms with Crippen LogP contribution >= 0.6 is 0 Å². The van der Waals surface area contributed by atoms with E-state index in [0.29, 0.717) is 17.5 Å². The highest BCUT2D eigenvalue weighted by atomic mass is 28.4. The van der Waals surface area contributed by atoms with Crippen molar-refractivity contribution in [2.24, 2.45) is 0 Å². The van der Waals surface area contributed by atoms with Crippen molar-refractivity contribution < 1.29 is 18.1 Å². The molecular weight excluding hydrogens is 372 g/mol. The molecule has 2 aliphatic rings. The molecule has 157 valence electrons. The van der Waals surface area contributed by atoms with E-state index in [0.717, 1.165) is 6.04 Å². The Morgan fingerprint density at radius 1 is 1.00 bits per heavy atom. The van der Waals surface area contributed by atoms with Gasteiger partial charge in [0.25, 0.3) is 14.3 Å². The third-order valence-electron chi connectivity index (χ3n) is 7.28. The first kappa shape index (κ1) is 23.1. The van der Waals surface area contributed by atoms with Crippen molar-refractivity contribution >= 4 is 23.6 Å². The van der Waals surface area contributed by atoms with Gasteiger partial charge in [0.2, 0.25) is 0 Å². The molecule has 1 radical (unpaired) electrons. The standard InChI is InChI=1S/C21H41O4Si2/c1-6-8-17-27(18-13-9-10-14-18,19-15-11-12-16-19)25-20(22)21(3,7-2)26(23-4)24-5/h18-19H,6-17H2,1-5H3. The van der Waals surface area contributed by atoms with Crippen LogP contribution < -0.4 is 0 Å². The monoisotopic (exact) mass is 413 g/mol. The summed E-state index contributed by atoms with van der Waals surface area (Å²) < 4.78 is 18.0. The van der Waals surface area contributed by atoms with E-state index in [1.807, 2.05) is 6.92 Å². The fraction of sp³-hybridized carbons (Fsp3) is 0.952. The van der Waals surface area contributed by atoms with E-state index in [1.165, 1.54) is 64.2 Å². The average Bonchev–Trinajstić information content (AvgIpc) is 3.40. The highest BCUT2D eigenvalue weighted by molar-refractivity contribution is 6.78. The second-order valence-electron chi connectivity index (χ2n) is 8.79. The van der Waals surface area contributed by atoms with E-state index >= 15 is 0 Å². The second kappa shape index (κ2) is 10.6. The number of carbonyl (C=O) groups excluding carboxylic acids is 1. The van der Waals surface area contributed by atoms with E-state index < -0.39 is 22.6 Å². The molecule has 0 heterocycles. The Bertz CT molecular complexity index is 441. The zero-order chi connectivity index (χ0) is 19.9. The Hall–Kier alpha value is -0.176. The van der Waals surface area contributed by atoms with E-state index in [1.54, 1.807) is 14.2 Å². The Balaban J connectivity index is 2.34. The lowest BCUT2D eigenvalue weighted by atomic mass is 10.1. The minimum atomic E-state index is -2.16. The van der Waals surface area contributed by atoms with Gasteiger partial charge in [-0.05, 0) is 56.2 Å². The molecule has 1 atom stereocenters. The molecule has 2 saturated carbocycles. The quantitative estimate of drug-likeness (QED) is 0.383. The number of hydrogen-bond acceptors (Lipinski definition) is 4. The van der Waals surface area contributed by atoms with Crippen molar-refractivity contribution in [2.75, 3.05) is 14.2 Å². The SMILES string of the molecule is CCCC[Si](OC(=O)C(C)(CC)[Si](OC)OC)(C1CCCC1)C1CCCC1. The molecular formula is C21H41O4Si2.